The molecule has 4 unspecified atom stereocenters. The van der Waals surface area contributed by atoms with Crippen LogP contribution in [0.3, 0.4) is 0 Å². The number of amides is 1. The molecule has 1 aromatic heterocycles. The maximum absolute atomic E-state index is 12.0. The van der Waals surface area contributed by atoms with Gasteiger partial charge in [0.25, 0.3) is 5.91 Å². The second-order valence-corrected chi connectivity index (χ2v) is 4.98. The highest BCUT2D eigenvalue weighted by atomic mass is 16.5. The van der Waals surface area contributed by atoms with Crippen molar-refractivity contribution < 1.29 is 18.8 Å². The van der Waals surface area contributed by atoms with E-state index in [-0.39, 0.29) is 36.4 Å². The van der Waals surface area contributed by atoms with Gasteiger partial charge in [0.05, 0.1) is 12.1 Å². The monoisotopic (exact) mass is 267 g/mol. The summed E-state index contributed by atoms with van der Waals surface area (Å²) < 4.78 is 15.4. The number of nitrogens with zero attached hydrogens (tertiary/aromatic N) is 1. The number of rotatable bonds is 4. The van der Waals surface area contributed by atoms with Crippen molar-refractivity contribution in [2.75, 3.05) is 13.7 Å². The molecule has 19 heavy (non-hydrogen) atoms. The summed E-state index contributed by atoms with van der Waals surface area (Å²) in [6.45, 7) is 1.01. The van der Waals surface area contributed by atoms with Gasteiger partial charge in [-0.3, -0.25) is 4.79 Å². The molecule has 4 atom stereocenters. The number of fused-ring (bicyclic) bond motifs is 1. The topological polar surface area (TPSA) is 99.6 Å². The van der Waals surface area contributed by atoms with Crippen LogP contribution in [0.4, 0.5) is 0 Å². The Morgan fingerprint density at radius 1 is 1.68 bits per heavy atom. The van der Waals surface area contributed by atoms with E-state index in [9.17, 15) is 4.79 Å². The van der Waals surface area contributed by atoms with Gasteiger partial charge in [-0.15, -0.1) is 0 Å². The summed E-state index contributed by atoms with van der Waals surface area (Å²) in [7, 11) is 1.55. The molecule has 0 bridgehead atoms. The van der Waals surface area contributed by atoms with Crippen LogP contribution < -0.4 is 11.1 Å². The number of carbonyl (C=O) groups excluding carboxylic acids is 1. The third kappa shape index (κ3) is 2.13. The molecule has 7 nitrogen and oxygen atoms in total. The highest BCUT2D eigenvalue weighted by Crippen LogP contribution is 2.37. The van der Waals surface area contributed by atoms with E-state index in [2.05, 4.69) is 10.5 Å². The number of ether oxygens (including phenoxy) is 2. The number of aromatic nitrogens is 1. The first-order chi connectivity index (χ1) is 9.20. The van der Waals surface area contributed by atoms with E-state index >= 15 is 0 Å². The molecule has 2 aliphatic rings. The predicted octanol–water partition coefficient (Wildman–Crippen LogP) is -0.335. The van der Waals surface area contributed by atoms with Crippen LogP contribution in [0.25, 0.3) is 0 Å². The molecule has 1 aliphatic carbocycles. The van der Waals surface area contributed by atoms with Crippen LogP contribution in [0.2, 0.25) is 0 Å². The van der Waals surface area contributed by atoms with Gasteiger partial charge < -0.3 is 25.0 Å². The van der Waals surface area contributed by atoms with Crippen LogP contribution in [0, 0.1) is 5.92 Å². The number of nitrogens with two attached hydrogens (primary N) is 1. The number of hydrogen-bond donors (Lipinski definition) is 2. The molecule has 1 aliphatic heterocycles. The van der Waals surface area contributed by atoms with Crippen LogP contribution in [0.1, 0.15) is 22.7 Å². The lowest BCUT2D eigenvalue weighted by Crippen LogP contribution is -2.68. The standard InChI is InChI=1S/C12H17N3O4/c1-17-5-6-4-8(15-19-6)12(16)14-10-9(13)7-2-3-18-11(7)10/h4,7,9-11H,2-3,5,13H2,1H3,(H,14,16). The van der Waals surface area contributed by atoms with E-state index in [0.29, 0.717) is 11.7 Å². The molecule has 1 saturated carbocycles. The van der Waals surface area contributed by atoms with Gasteiger partial charge in [0, 0.05) is 31.7 Å². The fourth-order valence-electron chi connectivity index (χ4n) is 2.78. The molecule has 0 aromatic carbocycles. The Labute approximate surface area is 110 Å². The summed E-state index contributed by atoms with van der Waals surface area (Å²) in [5.74, 6) is 0.590. The lowest BCUT2D eigenvalue weighted by molar-refractivity contribution is -0.0162. The average molecular weight is 267 g/mol. The zero-order valence-electron chi connectivity index (χ0n) is 10.7. The van der Waals surface area contributed by atoms with Crippen molar-refractivity contribution in [3.8, 4) is 0 Å². The van der Waals surface area contributed by atoms with Crippen molar-refractivity contribution >= 4 is 5.91 Å². The lowest BCUT2D eigenvalue weighted by Gasteiger charge is -2.45. The van der Waals surface area contributed by atoms with Crippen molar-refractivity contribution in [2.24, 2.45) is 11.7 Å². The molecule has 1 aromatic rings. The first kappa shape index (κ1) is 12.6. The second-order valence-electron chi connectivity index (χ2n) is 4.98. The van der Waals surface area contributed by atoms with Gasteiger partial charge in [-0.25, -0.2) is 0 Å². The van der Waals surface area contributed by atoms with Crippen LogP contribution >= 0.6 is 0 Å². The Morgan fingerprint density at radius 3 is 3.32 bits per heavy atom. The zero-order chi connectivity index (χ0) is 13.4. The van der Waals surface area contributed by atoms with Gasteiger partial charge >= 0.3 is 0 Å². The van der Waals surface area contributed by atoms with E-state index in [0.717, 1.165) is 13.0 Å². The minimum absolute atomic E-state index is 0.0400. The Morgan fingerprint density at radius 2 is 2.53 bits per heavy atom. The fraction of sp³-hybridized carbons (Fsp3) is 0.667. The number of methoxy groups -OCH3 is 1. The Hall–Kier alpha value is -1.44. The minimum Gasteiger partial charge on any atom is -0.377 e. The summed E-state index contributed by atoms with van der Waals surface area (Å²) in [5.41, 5.74) is 6.27. The molecule has 3 rings (SSSR count). The first-order valence-corrected chi connectivity index (χ1v) is 6.33. The number of nitrogens with one attached hydrogen (secondary N) is 1. The predicted molar refractivity (Wildman–Crippen MR) is 64.3 cm³/mol. The molecule has 7 heteroatoms. The van der Waals surface area contributed by atoms with Crippen LogP contribution in [-0.4, -0.2) is 43.0 Å². The van der Waals surface area contributed by atoms with Crippen LogP contribution in [-0.2, 0) is 16.1 Å². The van der Waals surface area contributed by atoms with Gasteiger partial charge in [0.2, 0.25) is 0 Å². The molecule has 2 heterocycles. The van der Waals surface area contributed by atoms with Crippen molar-refractivity contribution in [1.82, 2.24) is 10.5 Å². The maximum atomic E-state index is 12.0. The summed E-state index contributed by atoms with van der Waals surface area (Å²) in [4.78, 5) is 12.0. The van der Waals surface area contributed by atoms with Gasteiger partial charge in [-0.2, -0.15) is 0 Å². The molecule has 1 amide bonds. The van der Waals surface area contributed by atoms with E-state index in [1.54, 1.807) is 13.2 Å². The fourth-order valence-corrected chi connectivity index (χ4v) is 2.78. The third-order valence-electron chi connectivity index (χ3n) is 3.82. The highest BCUT2D eigenvalue weighted by Gasteiger charge is 2.52. The van der Waals surface area contributed by atoms with Gasteiger partial charge in [-0.1, -0.05) is 5.16 Å². The molecular formula is C12H17N3O4. The molecule has 0 radical (unpaired) electrons. The smallest absolute Gasteiger partial charge is 0.273 e. The number of hydrogen-bond acceptors (Lipinski definition) is 6. The highest BCUT2D eigenvalue weighted by molar-refractivity contribution is 5.92. The van der Waals surface area contributed by atoms with Crippen LogP contribution in [0.15, 0.2) is 10.6 Å². The van der Waals surface area contributed by atoms with E-state index in [4.69, 9.17) is 19.7 Å². The Bertz CT molecular complexity index is 475. The van der Waals surface area contributed by atoms with Crippen molar-refractivity contribution in [2.45, 2.75) is 31.2 Å². The van der Waals surface area contributed by atoms with Crippen molar-refractivity contribution in [3.63, 3.8) is 0 Å². The molecule has 2 fully saturated rings. The summed E-state index contributed by atoms with van der Waals surface area (Å²) in [5, 5.41) is 6.57. The lowest BCUT2D eigenvalue weighted by atomic mass is 9.72. The largest absolute Gasteiger partial charge is 0.377 e. The van der Waals surface area contributed by atoms with E-state index < -0.39 is 0 Å². The third-order valence-corrected chi connectivity index (χ3v) is 3.82. The molecule has 0 spiro atoms. The molecule has 104 valence electrons. The van der Waals surface area contributed by atoms with E-state index in [1.807, 2.05) is 0 Å². The normalized spacial score (nSPS) is 32.7. The summed E-state index contributed by atoms with van der Waals surface area (Å²) in [6, 6.07) is 1.39. The van der Waals surface area contributed by atoms with Gasteiger partial charge in [0.1, 0.15) is 6.61 Å². The van der Waals surface area contributed by atoms with Crippen molar-refractivity contribution in [1.29, 1.82) is 0 Å². The average Bonchev–Trinajstić information content (AvgIpc) is 3.02. The quantitative estimate of drug-likeness (QED) is 0.774. The van der Waals surface area contributed by atoms with Crippen LogP contribution in [0.5, 0.6) is 0 Å². The summed E-state index contributed by atoms with van der Waals surface area (Å²) in [6.07, 6.45) is 1.02. The summed E-state index contributed by atoms with van der Waals surface area (Å²) >= 11 is 0. The Kier molecular flexibility index (Phi) is 3.26. The van der Waals surface area contributed by atoms with E-state index in [1.165, 1.54) is 0 Å². The minimum atomic E-state index is -0.291. The maximum Gasteiger partial charge on any atom is 0.273 e. The zero-order valence-corrected chi connectivity index (χ0v) is 10.7. The molecular weight excluding hydrogens is 250 g/mol. The Balaban J connectivity index is 1.61. The SMILES string of the molecule is COCc1cc(C(=O)NC2C(N)C3CCOC32)no1. The second kappa shape index (κ2) is 4.92. The van der Waals surface area contributed by atoms with Gasteiger partial charge in [-0.05, 0) is 6.42 Å². The number of carbonyl (C=O) groups is 1. The molecule has 3 N–H and O–H groups in total. The molecule has 1 saturated heterocycles. The van der Waals surface area contributed by atoms with Gasteiger partial charge in [0.15, 0.2) is 11.5 Å². The first-order valence-electron chi connectivity index (χ1n) is 6.33. The van der Waals surface area contributed by atoms with Crippen molar-refractivity contribution in [3.05, 3.63) is 17.5 Å².